The number of aryl methyl sites for hydroxylation is 1. The second kappa shape index (κ2) is 10.3. The van der Waals surface area contributed by atoms with Gasteiger partial charge in [0.2, 0.25) is 11.8 Å². The Kier molecular flexibility index (Phi) is 7.18. The molecule has 0 saturated heterocycles. The van der Waals surface area contributed by atoms with Crippen LogP contribution in [0.5, 0.6) is 0 Å². The lowest BCUT2D eigenvalue weighted by Gasteiger charge is -2.15. The number of benzene rings is 2. The summed E-state index contributed by atoms with van der Waals surface area (Å²) in [4.78, 5) is 42.6. The first-order valence-corrected chi connectivity index (χ1v) is 11.5. The van der Waals surface area contributed by atoms with Crippen molar-refractivity contribution in [3.63, 3.8) is 0 Å². The normalized spacial score (nSPS) is 14.3. The van der Waals surface area contributed by atoms with E-state index in [1.165, 1.54) is 16.7 Å². The van der Waals surface area contributed by atoms with Gasteiger partial charge in [0.25, 0.3) is 5.56 Å². The first kappa shape index (κ1) is 24.4. The molecule has 3 aromatic rings. The van der Waals surface area contributed by atoms with E-state index in [2.05, 4.69) is 15.6 Å². The Hall–Kier alpha value is -3.69. The first-order valence-electron chi connectivity index (χ1n) is 11.5. The number of aromatic nitrogens is 2. The average Bonchev–Trinajstić information content (AvgIpc) is 3.32. The van der Waals surface area contributed by atoms with Gasteiger partial charge in [-0.1, -0.05) is 37.1 Å². The van der Waals surface area contributed by atoms with Crippen molar-refractivity contribution in [1.82, 2.24) is 14.9 Å². The summed E-state index contributed by atoms with van der Waals surface area (Å²) in [7, 11) is 0. The molecule has 35 heavy (non-hydrogen) atoms. The maximum atomic E-state index is 13.3. The van der Waals surface area contributed by atoms with Gasteiger partial charge >= 0.3 is 6.18 Å². The van der Waals surface area contributed by atoms with Crippen molar-refractivity contribution in [3.05, 3.63) is 70.1 Å². The van der Waals surface area contributed by atoms with Gasteiger partial charge in [0, 0.05) is 18.9 Å². The highest BCUT2D eigenvalue weighted by Crippen LogP contribution is 2.34. The van der Waals surface area contributed by atoms with E-state index in [4.69, 9.17) is 0 Å². The Labute approximate surface area is 199 Å². The molecule has 0 spiro atoms. The summed E-state index contributed by atoms with van der Waals surface area (Å²) in [5, 5.41) is 5.23. The van der Waals surface area contributed by atoms with E-state index in [-0.39, 0.29) is 36.2 Å². The number of nitrogens with one attached hydrogen (secondary N) is 2. The van der Waals surface area contributed by atoms with Crippen LogP contribution in [0.3, 0.4) is 0 Å². The second-order valence-electron chi connectivity index (χ2n) is 8.58. The predicted molar refractivity (Wildman–Crippen MR) is 125 cm³/mol. The van der Waals surface area contributed by atoms with Crippen LogP contribution in [-0.4, -0.2) is 27.4 Å². The van der Waals surface area contributed by atoms with Gasteiger partial charge in [-0.3, -0.25) is 19.0 Å². The Balaban J connectivity index is 1.55. The number of carbonyl (C=O) groups is 2. The van der Waals surface area contributed by atoms with E-state index in [1.54, 1.807) is 24.3 Å². The maximum absolute atomic E-state index is 13.3. The smallest absolute Gasteiger partial charge is 0.353 e. The van der Waals surface area contributed by atoms with Crippen molar-refractivity contribution in [1.29, 1.82) is 0 Å². The van der Waals surface area contributed by atoms with Crippen molar-refractivity contribution >= 4 is 28.5 Å². The fraction of sp³-hybridized carbons (Fsp3) is 0.360. The minimum atomic E-state index is -4.64. The van der Waals surface area contributed by atoms with Crippen molar-refractivity contribution in [3.8, 4) is 0 Å². The second-order valence-corrected chi connectivity index (χ2v) is 8.58. The topological polar surface area (TPSA) is 93.1 Å². The zero-order valence-electron chi connectivity index (χ0n) is 18.9. The van der Waals surface area contributed by atoms with E-state index >= 15 is 0 Å². The lowest BCUT2D eigenvalue weighted by atomic mass is 10.1. The first-order chi connectivity index (χ1) is 16.7. The van der Waals surface area contributed by atoms with Crippen molar-refractivity contribution < 1.29 is 22.8 Å². The highest BCUT2D eigenvalue weighted by Gasteiger charge is 2.33. The van der Waals surface area contributed by atoms with E-state index in [0.717, 1.165) is 37.8 Å². The molecule has 2 amide bonds. The zero-order chi connectivity index (χ0) is 25.0. The molecular formula is C25H25F3N4O3. The summed E-state index contributed by atoms with van der Waals surface area (Å²) >= 11 is 0. The van der Waals surface area contributed by atoms with Crippen molar-refractivity contribution in [2.24, 2.45) is 0 Å². The molecule has 0 atom stereocenters. The predicted octanol–water partition coefficient (Wildman–Crippen LogP) is 4.05. The molecule has 0 unspecified atom stereocenters. The molecule has 184 valence electrons. The van der Waals surface area contributed by atoms with Gasteiger partial charge in [0.1, 0.15) is 12.2 Å². The van der Waals surface area contributed by atoms with Gasteiger partial charge in [-0.05, 0) is 37.1 Å². The van der Waals surface area contributed by atoms with E-state index in [0.29, 0.717) is 11.0 Å². The van der Waals surface area contributed by atoms with Gasteiger partial charge in [-0.15, -0.1) is 0 Å². The number of hydrogen-bond donors (Lipinski definition) is 2. The fourth-order valence-corrected chi connectivity index (χ4v) is 4.34. The van der Waals surface area contributed by atoms with Gasteiger partial charge in [0.05, 0.1) is 22.3 Å². The third-order valence-corrected chi connectivity index (χ3v) is 6.04. The molecule has 1 fully saturated rings. The SMILES string of the molecule is O=C(Cn1c(=O)c(CCC(=O)NC2CCCC2)nc2ccccc21)Nc1ccccc1C(F)(F)F. The number of amides is 2. The Morgan fingerprint density at radius 2 is 1.69 bits per heavy atom. The van der Waals surface area contributed by atoms with Crippen LogP contribution in [0.2, 0.25) is 0 Å². The monoisotopic (exact) mass is 486 g/mol. The summed E-state index contributed by atoms with van der Waals surface area (Å²) < 4.78 is 41.0. The van der Waals surface area contributed by atoms with Crippen LogP contribution < -0.4 is 16.2 Å². The minimum absolute atomic E-state index is 0.0717. The third kappa shape index (κ3) is 5.87. The molecule has 1 aromatic heterocycles. The van der Waals surface area contributed by atoms with Crippen molar-refractivity contribution in [2.45, 2.75) is 57.3 Å². The van der Waals surface area contributed by atoms with Crippen LogP contribution >= 0.6 is 0 Å². The Bertz CT molecular complexity index is 1300. The number of hydrogen-bond acceptors (Lipinski definition) is 4. The van der Waals surface area contributed by atoms with Crippen LogP contribution in [0.25, 0.3) is 11.0 Å². The molecule has 2 N–H and O–H groups in total. The molecule has 0 radical (unpaired) electrons. The van der Waals surface area contributed by atoms with Gasteiger partial charge in [0.15, 0.2) is 0 Å². The number of rotatable bonds is 7. The van der Waals surface area contributed by atoms with E-state index in [1.807, 2.05) is 0 Å². The summed E-state index contributed by atoms with van der Waals surface area (Å²) in [5.41, 5.74) is -0.988. The van der Waals surface area contributed by atoms with Crippen LogP contribution in [0.1, 0.15) is 43.4 Å². The van der Waals surface area contributed by atoms with Crippen LogP contribution in [0.4, 0.5) is 18.9 Å². The zero-order valence-corrected chi connectivity index (χ0v) is 18.9. The lowest BCUT2D eigenvalue weighted by molar-refractivity contribution is -0.137. The Morgan fingerprint density at radius 1 is 1.00 bits per heavy atom. The largest absolute Gasteiger partial charge is 0.418 e. The number of para-hydroxylation sites is 3. The number of fused-ring (bicyclic) bond motifs is 1. The third-order valence-electron chi connectivity index (χ3n) is 6.04. The number of nitrogens with zero attached hydrogens (tertiary/aromatic N) is 2. The highest BCUT2D eigenvalue weighted by atomic mass is 19.4. The summed E-state index contributed by atoms with van der Waals surface area (Å²) in [6.45, 7) is -0.505. The Morgan fingerprint density at radius 3 is 2.43 bits per heavy atom. The number of halogens is 3. The lowest BCUT2D eigenvalue weighted by Crippen LogP contribution is -2.34. The minimum Gasteiger partial charge on any atom is -0.353 e. The number of alkyl halides is 3. The average molecular weight is 486 g/mol. The molecule has 10 heteroatoms. The molecule has 1 aliphatic carbocycles. The molecule has 0 aliphatic heterocycles. The van der Waals surface area contributed by atoms with Gasteiger partial charge in [-0.25, -0.2) is 4.98 Å². The highest BCUT2D eigenvalue weighted by molar-refractivity contribution is 5.92. The fourth-order valence-electron chi connectivity index (χ4n) is 4.34. The molecule has 0 bridgehead atoms. The summed E-state index contributed by atoms with van der Waals surface area (Å²) in [6, 6.07) is 11.5. The number of carbonyl (C=O) groups excluding carboxylic acids is 2. The molecule has 1 saturated carbocycles. The van der Waals surface area contributed by atoms with E-state index < -0.39 is 29.8 Å². The summed E-state index contributed by atoms with van der Waals surface area (Å²) in [5.74, 6) is -0.954. The van der Waals surface area contributed by atoms with Crippen molar-refractivity contribution in [2.75, 3.05) is 5.32 Å². The summed E-state index contributed by atoms with van der Waals surface area (Å²) in [6.07, 6.45) is -0.438. The van der Waals surface area contributed by atoms with Gasteiger partial charge in [-0.2, -0.15) is 13.2 Å². The quantitative estimate of drug-likeness (QED) is 0.527. The standard InChI is InChI=1S/C25H25F3N4O3/c26-25(27,28)17-9-3-4-10-18(17)31-23(34)15-32-21-12-6-5-11-19(21)30-20(24(32)35)13-14-22(33)29-16-7-1-2-8-16/h3-6,9-12,16H,1-2,7-8,13-15H2,(H,29,33)(H,31,34). The molecular weight excluding hydrogens is 461 g/mol. The molecule has 2 aromatic carbocycles. The molecule has 1 aliphatic rings. The van der Waals surface area contributed by atoms with Crippen LogP contribution in [-0.2, 0) is 28.7 Å². The number of anilines is 1. The molecule has 4 rings (SSSR count). The molecule has 7 nitrogen and oxygen atoms in total. The van der Waals surface area contributed by atoms with E-state index in [9.17, 15) is 27.6 Å². The molecule has 1 heterocycles. The van der Waals surface area contributed by atoms with Gasteiger partial charge < -0.3 is 10.6 Å². The maximum Gasteiger partial charge on any atom is 0.418 e. The van der Waals surface area contributed by atoms with Crippen LogP contribution in [0.15, 0.2) is 53.3 Å². The van der Waals surface area contributed by atoms with Crippen LogP contribution in [0, 0.1) is 0 Å².